The van der Waals surface area contributed by atoms with E-state index in [0.717, 1.165) is 0 Å². The molecule has 0 spiro atoms. The van der Waals surface area contributed by atoms with E-state index in [1.165, 1.54) is 11.8 Å². The first kappa shape index (κ1) is 22.7. The van der Waals surface area contributed by atoms with Gasteiger partial charge in [0.25, 0.3) is 16.6 Å². The molecule has 0 radical (unpaired) electrons. The van der Waals surface area contributed by atoms with Crippen LogP contribution >= 0.6 is 11.8 Å². The van der Waals surface area contributed by atoms with Gasteiger partial charge in [-0.15, -0.1) is 11.8 Å². The van der Waals surface area contributed by atoms with Crippen molar-refractivity contribution in [2.24, 2.45) is 0 Å². The minimum atomic E-state index is -2.08. The Kier molecular flexibility index (Phi) is 7.64. The summed E-state index contributed by atoms with van der Waals surface area (Å²) in [5.74, 6) is -0.0819. The van der Waals surface area contributed by atoms with Crippen molar-refractivity contribution in [3.05, 3.63) is 0 Å². The fourth-order valence-electron chi connectivity index (χ4n) is 1.15. The molecular formula is C16H34O4SSi2. The zero-order valence-corrected chi connectivity index (χ0v) is 19.3. The van der Waals surface area contributed by atoms with E-state index >= 15 is 0 Å². The van der Waals surface area contributed by atoms with Crippen LogP contribution < -0.4 is 0 Å². The molecule has 0 heterocycles. The summed E-state index contributed by atoms with van der Waals surface area (Å²) in [5.41, 5.74) is 0. The van der Waals surface area contributed by atoms with Gasteiger partial charge in [-0.1, -0.05) is 41.5 Å². The molecule has 0 unspecified atom stereocenters. The molecule has 0 amide bonds. The summed E-state index contributed by atoms with van der Waals surface area (Å²) in [6, 6.07) is 0. The third-order valence-corrected chi connectivity index (χ3v) is 14.4. The fourth-order valence-corrected chi connectivity index (χ4v) is 3.81. The van der Waals surface area contributed by atoms with Gasteiger partial charge >= 0.3 is 11.9 Å². The predicted octanol–water partition coefficient (Wildman–Crippen LogP) is 4.82. The van der Waals surface area contributed by atoms with Crippen molar-refractivity contribution in [1.82, 2.24) is 0 Å². The molecule has 23 heavy (non-hydrogen) atoms. The summed E-state index contributed by atoms with van der Waals surface area (Å²) in [4.78, 5) is 24.0. The summed E-state index contributed by atoms with van der Waals surface area (Å²) in [6.07, 6.45) is 0. The molecule has 0 fully saturated rings. The standard InChI is InChI=1S/C16H34O4SSi2/c1-15(2,3)22(7,8)19-13(17)11-21-12-14(18)20-23(9,10)16(4,5)6/h11-12H2,1-10H3. The van der Waals surface area contributed by atoms with Crippen LogP contribution in [0.3, 0.4) is 0 Å². The van der Waals surface area contributed by atoms with Crippen molar-refractivity contribution in [2.45, 2.75) is 77.8 Å². The summed E-state index contributed by atoms with van der Waals surface area (Å²) in [7, 11) is -4.16. The van der Waals surface area contributed by atoms with Crippen LogP contribution in [0.2, 0.25) is 36.3 Å². The number of carbonyl (C=O) groups is 2. The van der Waals surface area contributed by atoms with Crippen LogP contribution in [0.15, 0.2) is 0 Å². The third kappa shape index (κ3) is 7.43. The second-order valence-corrected chi connectivity index (χ2v) is 19.4. The van der Waals surface area contributed by atoms with Crippen LogP contribution in [0, 0.1) is 0 Å². The van der Waals surface area contributed by atoms with Crippen LogP contribution in [-0.4, -0.2) is 40.1 Å². The zero-order valence-electron chi connectivity index (χ0n) is 16.5. The normalized spacial score (nSPS) is 13.7. The van der Waals surface area contributed by atoms with Crippen molar-refractivity contribution < 1.29 is 18.4 Å². The smallest absolute Gasteiger partial charge is 0.302 e. The summed E-state index contributed by atoms with van der Waals surface area (Å²) < 4.78 is 11.3. The first-order valence-electron chi connectivity index (χ1n) is 8.01. The van der Waals surface area contributed by atoms with Crippen LogP contribution in [0.5, 0.6) is 0 Å². The highest BCUT2D eigenvalue weighted by Gasteiger charge is 2.41. The van der Waals surface area contributed by atoms with E-state index in [0.29, 0.717) is 0 Å². The van der Waals surface area contributed by atoms with E-state index in [1.54, 1.807) is 0 Å². The first-order chi connectivity index (χ1) is 9.99. The van der Waals surface area contributed by atoms with Gasteiger partial charge in [0.05, 0.1) is 11.5 Å². The van der Waals surface area contributed by atoms with Crippen molar-refractivity contribution in [1.29, 1.82) is 0 Å². The Hall–Kier alpha value is -0.276. The Morgan fingerprint density at radius 3 is 1.22 bits per heavy atom. The molecule has 0 aromatic heterocycles. The maximum atomic E-state index is 12.0. The predicted molar refractivity (Wildman–Crippen MR) is 104 cm³/mol. The average molecular weight is 379 g/mol. The van der Waals surface area contributed by atoms with E-state index in [-0.39, 0.29) is 33.5 Å². The van der Waals surface area contributed by atoms with Crippen LogP contribution in [0.25, 0.3) is 0 Å². The molecule has 0 aliphatic rings. The second-order valence-electron chi connectivity index (χ2n) is 8.96. The molecule has 0 saturated heterocycles. The second kappa shape index (κ2) is 7.74. The summed E-state index contributed by atoms with van der Waals surface area (Å²) in [6.45, 7) is 20.7. The topological polar surface area (TPSA) is 52.6 Å². The number of rotatable bonds is 6. The van der Waals surface area contributed by atoms with Crippen LogP contribution in [-0.2, 0) is 18.4 Å². The molecule has 7 heteroatoms. The van der Waals surface area contributed by atoms with Gasteiger partial charge in [0, 0.05) is 0 Å². The molecule has 0 N–H and O–H groups in total. The lowest BCUT2D eigenvalue weighted by Gasteiger charge is -2.35. The van der Waals surface area contributed by atoms with Gasteiger partial charge in [0.2, 0.25) is 0 Å². The summed E-state index contributed by atoms with van der Waals surface area (Å²) >= 11 is 1.27. The Morgan fingerprint density at radius 2 is 1.00 bits per heavy atom. The largest absolute Gasteiger partial charge is 0.518 e. The van der Waals surface area contributed by atoms with Crippen molar-refractivity contribution in [2.75, 3.05) is 11.5 Å². The van der Waals surface area contributed by atoms with Gasteiger partial charge in [0.15, 0.2) is 0 Å². The lowest BCUT2D eigenvalue weighted by Crippen LogP contribution is -2.43. The highest BCUT2D eigenvalue weighted by atomic mass is 32.2. The Morgan fingerprint density at radius 1 is 0.739 bits per heavy atom. The molecule has 0 saturated carbocycles. The Bertz CT molecular complexity index is 394. The molecule has 0 rings (SSSR count). The Balaban J connectivity index is 4.32. The maximum Gasteiger partial charge on any atom is 0.302 e. The Labute approximate surface area is 148 Å². The van der Waals surface area contributed by atoms with E-state index in [1.807, 2.05) is 26.2 Å². The van der Waals surface area contributed by atoms with E-state index < -0.39 is 16.6 Å². The van der Waals surface area contributed by atoms with Gasteiger partial charge in [0.1, 0.15) is 0 Å². The van der Waals surface area contributed by atoms with E-state index in [2.05, 4.69) is 41.5 Å². The number of carbonyl (C=O) groups excluding carboxylic acids is 2. The van der Waals surface area contributed by atoms with Crippen LogP contribution in [0.4, 0.5) is 0 Å². The zero-order chi connectivity index (χ0) is 18.7. The third-order valence-electron chi connectivity index (χ3n) is 4.79. The number of hydrogen-bond acceptors (Lipinski definition) is 5. The number of hydrogen-bond donors (Lipinski definition) is 0. The lowest BCUT2D eigenvalue weighted by molar-refractivity contribution is -0.132. The van der Waals surface area contributed by atoms with E-state index in [9.17, 15) is 9.59 Å². The van der Waals surface area contributed by atoms with Crippen molar-refractivity contribution in [3.63, 3.8) is 0 Å². The maximum absolute atomic E-state index is 12.0. The molecule has 0 atom stereocenters. The molecule has 0 aliphatic heterocycles. The minimum absolute atomic E-state index is 0.00537. The molecule has 0 aromatic rings. The molecular weight excluding hydrogens is 344 g/mol. The monoisotopic (exact) mass is 378 g/mol. The van der Waals surface area contributed by atoms with Crippen molar-refractivity contribution >= 4 is 40.3 Å². The summed E-state index contributed by atoms with van der Waals surface area (Å²) in [5, 5.41) is -0.0107. The SMILES string of the molecule is CC(C)(C)[Si](C)(C)OC(=O)CSCC(=O)O[Si](C)(C)C(C)(C)C. The fraction of sp³-hybridized carbons (Fsp3) is 0.875. The quantitative estimate of drug-likeness (QED) is 0.620. The molecule has 0 aliphatic carbocycles. The van der Waals surface area contributed by atoms with Gasteiger partial charge in [-0.25, -0.2) is 0 Å². The van der Waals surface area contributed by atoms with Gasteiger partial charge in [-0.3, -0.25) is 9.59 Å². The molecule has 0 aromatic carbocycles. The highest BCUT2D eigenvalue weighted by molar-refractivity contribution is 8.00. The lowest BCUT2D eigenvalue weighted by atomic mass is 10.2. The average Bonchev–Trinajstić information content (AvgIpc) is 2.23. The van der Waals surface area contributed by atoms with Gasteiger partial charge in [-0.05, 0) is 36.3 Å². The number of thioether (sulfide) groups is 1. The minimum Gasteiger partial charge on any atom is -0.518 e. The van der Waals surface area contributed by atoms with Crippen molar-refractivity contribution in [3.8, 4) is 0 Å². The molecule has 0 bridgehead atoms. The molecule has 136 valence electrons. The van der Waals surface area contributed by atoms with E-state index in [4.69, 9.17) is 8.85 Å². The van der Waals surface area contributed by atoms with Gasteiger partial charge in [-0.2, -0.15) is 0 Å². The first-order valence-corrected chi connectivity index (χ1v) is 15.0. The van der Waals surface area contributed by atoms with Gasteiger partial charge < -0.3 is 8.85 Å². The van der Waals surface area contributed by atoms with Crippen LogP contribution in [0.1, 0.15) is 41.5 Å². The highest BCUT2D eigenvalue weighted by Crippen LogP contribution is 2.37. The molecule has 4 nitrogen and oxygen atoms in total.